The number of carboxylic acids is 1. The maximum atomic E-state index is 12.9. The van der Waals surface area contributed by atoms with Gasteiger partial charge < -0.3 is 5.11 Å². The summed E-state index contributed by atoms with van der Waals surface area (Å²) >= 11 is 1.50. The van der Waals surface area contributed by atoms with Crippen molar-refractivity contribution < 1.29 is 18.3 Å². The van der Waals surface area contributed by atoms with Crippen molar-refractivity contribution in [3.05, 3.63) is 51.2 Å². The second kappa shape index (κ2) is 7.48. The summed E-state index contributed by atoms with van der Waals surface area (Å²) < 4.78 is 27.3. The van der Waals surface area contributed by atoms with Crippen LogP contribution in [0.15, 0.2) is 35.2 Å². The highest BCUT2D eigenvalue weighted by Gasteiger charge is 2.30. The summed E-state index contributed by atoms with van der Waals surface area (Å²) in [6.45, 7) is 6.50. The molecular formula is C18H22N2O4S2. The average Bonchev–Trinajstić information content (AvgIpc) is 2.95. The summed E-state index contributed by atoms with van der Waals surface area (Å²) in [6.07, 6.45) is 0. The lowest BCUT2D eigenvalue weighted by Crippen LogP contribution is -2.48. The van der Waals surface area contributed by atoms with E-state index in [1.807, 2.05) is 19.9 Å². The lowest BCUT2D eigenvalue weighted by molar-refractivity contribution is 0.0696. The van der Waals surface area contributed by atoms with Crippen LogP contribution in [0.2, 0.25) is 0 Å². The third-order valence-electron chi connectivity index (χ3n) is 4.52. The summed E-state index contributed by atoms with van der Waals surface area (Å²) in [5.74, 6) is -0.941. The lowest BCUT2D eigenvalue weighted by atomic mass is 10.1. The van der Waals surface area contributed by atoms with Gasteiger partial charge in [-0.05, 0) is 37.6 Å². The molecule has 1 N–H and O–H groups in total. The van der Waals surface area contributed by atoms with Gasteiger partial charge in [-0.15, -0.1) is 11.3 Å². The van der Waals surface area contributed by atoms with Gasteiger partial charge in [0.2, 0.25) is 10.0 Å². The summed E-state index contributed by atoms with van der Waals surface area (Å²) in [6, 6.07) is 8.62. The van der Waals surface area contributed by atoms with E-state index in [0.29, 0.717) is 37.6 Å². The molecule has 140 valence electrons. The van der Waals surface area contributed by atoms with Gasteiger partial charge in [-0.3, -0.25) is 4.90 Å². The number of rotatable bonds is 5. The lowest BCUT2D eigenvalue weighted by Gasteiger charge is -2.34. The first-order chi connectivity index (χ1) is 12.3. The van der Waals surface area contributed by atoms with Crippen molar-refractivity contribution in [3.8, 4) is 0 Å². The molecule has 0 bridgehead atoms. The Kier molecular flexibility index (Phi) is 5.47. The molecule has 0 unspecified atom stereocenters. The van der Waals surface area contributed by atoms with E-state index in [2.05, 4.69) is 4.90 Å². The van der Waals surface area contributed by atoms with Crippen LogP contribution in [-0.4, -0.2) is 54.9 Å². The van der Waals surface area contributed by atoms with Crippen molar-refractivity contribution in [2.24, 2.45) is 0 Å². The Morgan fingerprint density at radius 3 is 2.42 bits per heavy atom. The van der Waals surface area contributed by atoms with Crippen molar-refractivity contribution in [3.63, 3.8) is 0 Å². The van der Waals surface area contributed by atoms with Gasteiger partial charge in [0.25, 0.3) is 0 Å². The predicted molar refractivity (Wildman–Crippen MR) is 101 cm³/mol. The number of piperazine rings is 1. The van der Waals surface area contributed by atoms with Crippen molar-refractivity contribution in [2.45, 2.75) is 25.3 Å². The zero-order valence-corrected chi connectivity index (χ0v) is 16.4. The van der Waals surface area contributed by atoms with Crippen molar-refractivity contribution >= 4 is 27.3 Å². The van der Waals surface area contributed by atoms with Gasteiger partial charge in [-0.25, -0.2) is 13.2 Å². The molecule has 0 aliphatic carbocycles. The Bertz CT molecular complexity index is 913. The smallest absolute Gasteiger partial charge is 0.335 e. The van der Waals surface area contributed by atoms with Crippen LogP contribution in [0.4, 0.5) is 0 Å². The Balaban J connectivity index is 1.65. The third-order valence-corrected chi connectivity index (χ3v) is 7.64. The first-order valence-electron chi connectivity index (χ1n) is 8.39. The van der Waals surface area contributed by atoms with Crippen LogP contribution in [0, 0.1) is 13.8 Å². The van der Waals surface area contributed by atoms with Gasteiger partial charge in [0, 0.05) is 42.5 Å². The van der Waals surface area contributed by atoms with Crippen LogP contribution in [0.5, 0.6) is 0 Å². The molecule has 1 aliphatic rings. The van der Waals surface area contributed by atoms with Gasteiger partial charge in [0.1, 0.15) is 0 Å². The zero-order valence-electron chi connectivity index (χ0n) is 14.8. The molecule has 0 radical (unpaired) electrons. The number of aromatic carboxylic acids is 1. The Morgan fingerprint density at radius 1 is 1.15 bits per heavy atom. The molecule has 2 aromatic rings. The van der Waals surface area contributed by atoms with Gasteiger partial charge in [0.05, 0.1) is 10.5 Å². The number of thiophene rings is 1. The normalized spacial score (nSPS) is 16.7. The summed E-state index contributed by atoms with van der Waals surface area (Å²) in [4.78, 5) is 15.5. The third kappa shape index (κ3) is 3.98. The fraction of sp³-hybridized carbons (Fsp3) is 0.389. The Morgan fingerprint density at radius 2 is 1.85 bits per heavy atom. The van der Waals surface area contributed by atoms with Gasteiger partial charge >= 0.3 is 5.97 Å². The van der Waals surface area contributed by atoms with Crippen molar-refractivity contribution in [1.82, 2.24) is 9.21 Å². The number of sulfonamides is 1. The minimum atomic E-state index is -3.45. The first-order valence-corrected chi connectivity index (χ1v) is 10.6. The number of hydrogen-bond acceptors (Lipinski definition) is 5. The Hall–Kier alpha value is -1.74. The van der Waals surface area contributed by atoms with E-state index in [1.165, 1.54) is 11.3 Å². The Labute approximate surface area is 157 Å². The van der Waals surface area contributed by atoms with E-state index in [1.54, 1.807) is 28.6 Å². The zero-order chi connectivity index (χ0) is 18.9. The maximum absolute atomic E-state index is 12.9. The predicted octanol–water partition coefficient (Wildman–Crippen LogP) is 2.57. The molecule has 0 amide bonds. The molecule has 6 nitrogen and oxygen atoms in total. The van der Waals surface area contributed by atoms with E-state index < -0.39 is 16.0 Å². The van der Waals surface area contributed by atoms with Crippen LogP contribution >= 0.6 is 11.3 Å². The highest BCUT2D eigenvalue weighted by Crippen LogP contribution is 2.28. The van der Waals surface area contributed by atoms with Gasteiger partial charge in [-0.2, -0.15) is 4.31 Å². The molecule has 1 aliphatic heterocycles. The van der Waals surface area contributed by atoms with E-state index >= 15 is 0 Å². The molecule has 0 atom stereocenters. The number of aryl methyl sites for hydroxylation is 2. The van der Waals surface area contributed by atoms with Crippen LogP contribution in [0.25, 0.3) is 0 Å². The van der Waals surface area contributed by atoms with E-state index in [9.17, 15) is 13.2 Å². The summed E-state index contributed by atoms with van der Waals surface area (Å²) in [7, 11) is -3.45. The molecule has 3 rings (SSSR count). The maximum Gasteiger partial charge on any atom is 0.335 e. The van der Waals surface area contributed by atoms with Crippen LogP contribution < -0.4 is 0 Å². The molecule has 8 heteroatoms. The number of carbonyl (C=O) groups is 1. The van der Waals surface area contributed by atoms with Crippen molar-refractivity contribution in [1.29, 1.82) is 0 Å². The van der Waals surface area contributed by atoms with Gasteiger partial charge in [0.15, 0.2) is 0 Å². The topological polar surface area (TPSA) is 77.9 Å². The minimum absolute atomic E-state index is 0.270. The quantitative estimate of drug-likeness (QED) is 0.843. The fourth-order valence-corrected chi connectivity index (χ4v) is 6.14. The number of carboxylic acid groups (broad SMARTS) is 1. The SMILES string of the molecule is Cc1cc(S(=O)(=O)N2CCN(Cc3cccc(C(=O)O)c3)CC2)c(C)s1. The second-order valence-electron chi connectivity index (χ2n) is 6.46. The largest absolute Gasteiger partial charge is 0.478 e. The van der Waals surface area contributed by atoms with E-state index in [4.69, 9.17) is 5.11 Å². The minimum Gasteiger partial charge on any atom is -0.478 e. The number of hydrogen-bond donors (Lipinski definition) is 1. The molecule has 1 saturated heterocycles. The number of nitrogens with zero attached hydrogens (tertiary/aromatic N) is 2. The van der Waals surface area contributed by atoms with Crippen LogP contribution in [0.1, 0.15) is 25.7 Å². The van der Waals surface area contributed by atoms with Crippen LogP contribution in [-0.2, 0) is 16.6 Å². The summed E-state index contributed by atoms with van der Waals surface area (Å²) in [5.41, 5.74) is 1.19. The highest BCUT2D eigenvalue weighted by molar-refractivity contribution is 7.89. The van der Waals surface area contributed by atoms with E-state index in [0.717, 1.165) is 15.3 Å². The first kappa shape index (κ1) is 19.0. The van der Waals surface area contributed by atoms with Crippen LogP contribution in [0.3, 0.4) is 0 Å². The standard InChI is InChI=1S/C18H22N2O4S2/c1-13-10-17(14(2)25-13)26(23,24)20-8-6-19(7-9-20)12-15-4-3-5-16(11-15)18(21)22/h3-5,10-11H,6-9,12H2,1-2H3,(H,21,22). The number of benzene rings is 1. The van der Waals surface area contributed by atoms with Gasteiger partial charge in [-0.1, -0.05) is 12.1 Å². The van der Waals surface area contributed by atoms with Crippen molar-refractivity contribution in [2.75, 3.05) is 26.2 Å². The molecular weight excluding hydrogens is 372 g/mol. The summed E-state index contributed by atoms with van der Waals surface area (Å²) in [5, 5.41) is 9.09. The molecule has 1 fully saturated rings. The molecule has 1 aromatic heterocycles. The molecule has 26 heavy (non-hydrogen) atoms. The average molecular weight is 395 g/mol. The fourth-order valence-electron chi connectivity index (χ4n) is 3.19. The molecule has 1 aromatic carbocycles. The molecule has 2 heterocycles. The van der Waals surface area contributed by atoms with E-state index in [-0.39, 0.29) is 5.56 Å². The second-order valence-corrected chi connectivity index (χ2v) is 9.83. The highest BCUT2D eigenvalue weighted by atomic mass is 32.2. The molecule has 0 spiro atoms. The molecule has 0 saturated carbocycles. The monoisotopic (exact) mass is 394 g/mol.